The molecule has 0 saturated heterocycles. The summed E-state index contributed by atoms with van der Waals surface area (Å²) in [5.41, 5.74) is 1.25. The molecule has 1 aromatic carbocycles. The van der Waals surface area contributed by atoms with E-state index >= 15 is 0 Å². The zero-order valence-electron chi connectivity index (χ0n) is 13.0. The van der Waals surface area contributed by atoms with E-state index in [-0.39, 0.29) is 12.1 Å². The van der Waals surface area contributed by atoms with Crippen molar-refractivity contribution in [2.75, 3.05) is 26.7 Å². The zero-order valence-corrected chi connectivity index (χ0v) is 13.8. The van der Waals surface area contributed by atoms with Crippen molar-refractivity contribution in [3.8, 4) is 11.5 Å². The maximum atomic E-state index is 12.1. The largest absolute Gasteiger partial charge is 0.486 e. The molecule has 1 aromatic heterocycles. The number of hydrogen-bond acceptors (Lipinski definition) is 4. The highest BCUT2D eigenvalue weighted by molar-refractivity contribution is 7.07. The molecular weight excluding hydrogens is 312 g/mol. The Labute approximate surface area is 139 Å². The maximum Gasteiger partial charge on any atom is 0.317 e. The number of para-hydroxylation sites is 2. The fourth-order valence-corrected chi connectivity index (χ4v) is 3.13. The molecule has 5 nitrogen and oxygen atoms in total. The summed E-state index contributed by atoms with van der Waals surface area (Å²) in [7, 11) is 1.77. The van der Waals surface area contributed by atoms with Crippen molar-refractivity contribution >= 4 is 17.4 Å². The van der Waals surface area contributed by atoms with Gasteiger partial charge < -0.3 is 19.7 Å². The molecule has 0 saturated carbocycles. The molecule has 2 amide bonds. The Bertz CT molecular complexity index is 645. The predicted octanol–water partition coefficient (Wildman–Crippen LogP) is 2.77. The standard InChI is InChI=1S/C17H20N2O3S/c1-19(17(20)18-8-6-13-7-9-23-12-13)10-14-11-21-15-4-2-3-5-16(15)22-14/h2-5,7,9,12,14H,6,8,10-11H2,1H3,(H,18,20). The fourth-order valence-electron chi connectivity index (χ4n) is 2.43. The van der Waals surface area contributed by atoms with Crippen LogP contribution in [0.1, 0.15) is 5.56 Å². The van der Waals surface area contributed by atoms with Gasteiger partial charge in [0.2, 0.25) is 0 Å². The summed E-state index contributed by atoms with van der Waals surface area (Å²) >= 11 is 1.67. The van der Waals surface area contributed by atoms with Crippen LogP contribution in [-0.2, 0) is 6.42 Å². The van der Waals surface area contributed by atoms with E-state index in [4.69, 9.17) is 9.47 Å². The number of likely N-dealkylation sites (N-methyl/N-ethyl adjacent to an activating group) is 1. The average Bonchev–Trinajstić information content (AvgIpc) is 3.08. The number of amides is 2. The second-order valence-electron chi connectivity index (χ2n) is 5.49. The van der Waals surface area contributed by atoms with E-state index in [1.54, 1.807) is 23.3 Å². The van der Waals surface area contributed by atoms with Crippen LogP contribution in [0, 0.1) is 0 Å². The van der Waals surface area contributed by atoms with Gasteiger partial charge in [-0.05, 0) is 40.9 Å². The highest BCUT2D eigenvalue weighted by atomic mass is 32.1. The third-order valence-electron chi connectivity index (χ3n) is 3.66. The van der Waals surface area contributed by atoms with E-state index in [9.17, 15) is 4.79 Å². The topological polar surface area (TPSA) is 50.8 Å². The number of thiophene rings is 1. The van der Waals surface area contributed by atoms with Gasteiger partial charge in [0.25, 0.3) is 0 Å². The van der Waals surface area contributed by atoms with E-state index in [0.29, 0.717) is 19.7 Å². The fraction of sp³-hybridized carbons (Fsp3) is 0.353. The minimum absolute atomic E-state index is 0.0947. The second kappa shape index (κ2) is 7.37. The first-order valence-electron chi connectivity index (χ1n) is 7.61. The smallest absolute Gasteiger partial charge is 0.317 e. The van der Waals surface area contributed by atoms with Crippen molar-refractivity contribution in [2.45, 2.75) is 12.5 Å². The molecule has 0 spiro atoms. The summed E-state index contributed by atoms with van der Waals surface area (Å²) in [6.45, 7) is 1.56. The quantitative estimate of drug-likeness (QED) is 0.916. The van der Waals surface area contributed by atoms with Crippen molar-refractivity contribution in [2.24, 2.45) is 0 Å². The number of hydrogen-bond donors (Lipinski definition) is 1. The summed E-state index contributed by atoms with van der Waals surface area (Å²) < 4.78 is 11.5. The molecule has 1 unspecified atom stereocenters. The van der Waals surface area contributed by atoms with E-state index in [1.165, 1.54) is 5.56 Å². The van der Waals surface area contributed by atoms with Gasteiger partial charge in [0.15, 0.2) is 17.6 Å². The first-order chi connectivity index (χ1) is 11.2. The Morgan fingerprint density at radius 3 is 2.96 bits per heavy atom. The number of nitrogens with zero attached hydrogens (tertiary/aromatic N) is 1. The molecule has 2 aromatic rings. The number of carbonyl (C=O) groups excluding carboxylic acids is 1. The highest BCUT2D eigenvalue weighted by Gasteiger charge is 2.23. The Morgan fingerprint density at radius 2 is 2.17 bits per heavy atom. The molecule has 0 radical (unpaired) electrons. The molecule has 0 bridgehead atoms. The second-order valence-corrected chi connectivity index (χ2v) is 6.27. The summed E-state index contributed by atoms with van der Waals surface area (Å²) in [5.74, 6) is 1.49. The van der Waals surface area contributed by atoms with Gasteiger partial charge in [0.05, 0.1) is 6.54 Å². The summed E-state index contributed by atoms with van der Waals surface area (Å²) in [6.07, 6.45) is 0.692. The van der Waals surface area contributed by atoms with Gasteiger partial charge in [-0.25, -0.2) is 4.79 Å². The molecule has 0 aliphatic carbocycles. The molecule has 1 atom stereocenters. The van der Waals surface area contributed by atoms with Crippen molar-refractivity contribution < 1.29 is 14.3 Å². The number of carbonyl (C=O) groups is 1. The third kappa shape index (κ3) is 4.16. The van der Waals surface area contributed by atoms with Crippen LogP contribution in [-0.4, -0.2) is 43.8 Å². The molecule has 0 fully saturated rings. The van der Waals surface area contributed by atoms with E-state index in [2.05, 4.69) is 16.8 Å². The molecule has 1 aliphatic heterocycles. The molecule has 6 heteroatoms. The average molecular weight is 332 g/mol. The van der Waals surface area contributed by atoms with Crippen LogP contribution in [0.4, 0.5) is 4.79 Å². The van der Waals surface area contributed by atoms with Gasteiger partial charge >= 0.3 is 6.03 Å². The number of ether oxygens (including phenoxy) is 2. The lowest BCUT2D eigenvalue weighted by molar-refractivity contribution is 0.0716. The first kappa shape index (κ1) is 15.7. The van der Waals surface area contributed by atoms with Gasteiger partial charge in [-0.1, -0.05) is 12.1 Å². The van der Waals surface area contributed by atoms with Gasteiger partial charge in [0.1, 0.15) is 6.61 Å². The number of nitrogens with one attached hydrogen (secondary N) is 1. The Kier molecular flexibility index (Phi) is 5.02. The van der Waals surface area contributed by atoms with Crippen molar-refractivity contribution in [3.63, 3.8) is 0 Å². The molecule has 2 heterocycles. The third-order valence-corrected chi connectivity index (χ3v) is 4.39. The lowest BCUT2D eigenvalue weighted by Gasteiger charge is -2.29. The summed E-state index contributed by atoms with van der Waals surface area (Å²) in [5, 5.41) is 7.07. The minimum atomic E-state index is -0.155. The molecular formula is C17H20N2O3S. The van der Waals surface area contributed by atoms with E-state index in [0.717, 1.165) is 17.9 Å². The monoisotopic (exact) mass is 332 g/mol. The number of rotatable bonds is 5. The molecule has 3 rings (SSSR count). The van der Waals surface area contributed by atoms with Crippen LogP contribution in [0.2, 0.25) is 0 Å². The van der Waals surface area contributed by atoms with E-state index in [1.807, 2.05) is 29.6 Å². The lowest BCUT2D eigenvalue weighted by atomic mass is 10.2. The number of fused-ring (bicyclic) bond motifs is 1. The Hall–Kier alpha value is -2.21. The summed E-state index contributed by atoms with van der Waals surface area (Å²) in [6, 6.07) is 9.56. The van der Waals surface area contributed by atoms with Gasteiger partial charge in [-0.2, -0.15) is 11.3 Å². The summed E-state index contributed by atoms with van der Waals surface area (Å²) in [4.78, 5) is 13.7. The van der Waals surface area contributed by atoms with Gasteiger partial charge in [0, 0.05) is 13.6 Å². The van der Waals surface area contributed by atoms with Crippen molar-refractivity contribution in [1.29, 1.82) is 0 Å². The van der Waals surface area contributed by atoms with Crippen LogP contribution in [0.3, 0.4) is 0 Å². The van der Waals surface area contributed by atoms with Gasteiger partial charge in [-0.3, -0.25) is 0 Å². The maximum absolute atomic E-state index is 12.1. The highest BCUT2D eigenvalue weighted by Crippen LogP contribution is 2.30. The van der Waals surface area contributed by atoms with Crippen molar-refractivity contribution in [3.05, 3.63) is 46.7 Å². The van der Waals surface area contributed by atoms with E-state index < -0.39 is 0 Å². The Morgan fingerprint density at radius 1 is 1.35 bits per heavy atom. The number of urea groups is 1. The number of benzene rings is 1. The SMILES string of the molecule is CN(CC1COc2ccccc2O1)C(=O)NCCc1ccsc1. The lowest BCUT2D eigenvalue weighted by Crippen LogP contribution is -2.45. The first-order valence-corrected chi connectivity index (χ1v) is 8.55. The minimum Gasteiger partial charge on any atom is -0.486 e. The molecule has 1 N–H and O–H groups in total. The van der Waals surface area contributed by atoms with Gasteiger partial charge in [-0.15, -0.1) is 0 Å². The normalized spacial score (nSPS) is 16.0. The predicted molar refractivity (Wildman–Crippen MR) is 90.4 cm³/mol. The Balaban J connectivity index is 1.43. The molecule has 23 heavy (non-hydrogen) atoms. The van der Waals surface area contributed by atoms with Crippen LogP contribution in [0.5, 0.6) is 11.5 Å². The molecule has 122 valence electrons. The van der Waals surface area contributed by atoms with Crippen LogP contribution < -0.4 is 14.8 Å². The zero-order chi connectivity index (χ0) is 16.1. The van der Waals surface area contributed by atoms with Crippen LogP contribution in [0.25, 0.3) is 0 Å². The van der Waals surface area contributed by atoms with Crippen LogP contribution in [0.15, 0.2) is 41.1 Å². The van der Waals surface area contributed by atoms with Crippen LogP contribution >= 0.6 is 11.3 Å². The van der Waals surface area contributed by atoms with Crippen molar-refractivity contribution in [1.82, 2.24) is 10.2 Å². The molecule has 1 aliphatic rings.